The van der Waals surface area contributed by atoms with Crippen LogP contribution in [-0.4, -0.2) is 69.5 Å². The third-order valence-corrected chi connectivity index (χ3v) is 11.5. The molecule has 3 fully saturated rings. The second-order valence-corrected chi connectivity index (χ2v) is 14.9. The minimum Gasteiger partial charge on any atom is -0.462 e. The Hall–Kier alpha value is -4.47. The Morgan fingerprint density at radius 3 is 2.51 bits per heavy atom. The fourth-order valence-corrected chi connectivity index (χ4v) is 8.87. The van der Waals surface area contributed by atoms with Crippen LogP contribution in [0.15, 0.2) is 54.9 Å². The summed E-state index contributed by atoms with van der Waals surface area (Å²) in [5.41, 5.74) is -0.849. The van der Waals surface area contributed by atoms with Crippen LogP contribution in [-0.2, 0) is 17.5 Å². The third kappa shape index (κ3) is 5.56. The molecule has 9 rings (SSSR count). The third-order valence-electron chi connectivity index (χ3n) is 10.4. The molecule has 6 heterocycles. The van der Waals surface area contributed by atoms with Gasteiger partial charge in [-0.3, -0.25) is 10.1 Å². The van der Waals surface area contributed by atoms with Crippen LogP contribution >= 0.6 is 11.3 Å². The lowest BCUT2D eigenvalue weighted by Gasteiger charge is -2.34. The summed E-state index contributed by atoms with van der Waals surface area (Å²) in [7, 11) is 0. The monoisotopic (exact) mass is 721 g/mol. The maximum atomic E-state index is 14.9. The number of ether oxygens (including phenoxy) is 2. The van der Waals surface area contributed by atoms with Gasteiger partial charge in [0.25, 0.3) is 5.92 Å². The molecule has 264 valence electrons. The molecule has 2 unspecified atom stereocenters. The number of alkyl halides is 5. The highest BCUT2D eigenvalue weighted by Crippen LogP contribution is 2.61. The maximum absolute atomic E-state index is 14.9. The van der Waals surface area contributed by atoms with Gasteiger partial charge in [-0.15, -0.1) is 11.3 Å². The lowest BCUT2D eigenvalue weighted by molar-refractivity contribution is -0.137. The molecule has 6 aromatic rings. The first-order valence-electron chi connectivity index (χ1n) is 16.8. The van der Waals surface area contributed by atoms with Crippen LogP contribution < -0.4 is 15.0 Å². The van der Waals surface area contributed by atoms with E-state index in [1.54, 1.807) is 6.07 Å². The van der Waals surface area contributed by atoms with Crippen molar-refractivity contribution in [1.82, 2.24) is 30.5 Å². The quantitative estimate of drug-likeness (QED) is 0.147. The standard InChI is InChI=1S/C36H32F5N7O2S/c1-19-11-25-24(12-43-47-25)26(28(19)36(39,40)41)29-30-23(9-10-42-29)27-31(48-13-21-7-8-22(14-48)44-21)45-33(46-32(27)51-30)50-18-34(16-35(34,37)38)17-49-15-20-5-3-2-4-6-20/h2-6,9-12,21-22,44H,7-8,13-18H2,1H3,(H,43,47)/t21?,22?,34-/m1/s1. The number of pyridine rings is 1. The number of anilines is 1. The van der Waals surface area contributed by atoms with E-state index in [9.17, 15) is 22.0 Å². The number of rotatable bonds is 9. The Bertz CT molecular complexity index is 2280. The van der Waals surface area contributed by atoms with E-state index < -0.39 is 23.1 Å². The smallest absolute Gasteiger partial charge is 0.417 e. The summed E-state index contributed by atoms with van der Waals surface area (Å²) in [6.45, 7) is 2.35. The number of thiophene rings is 1. The van der Waals surface area contributed by atoms with E-state index in [4.69, 9.17) is 19.4 Å². The molecule has 1 aliphatic carbocycles. The summed E-state index contributed by atoms with van der Waals surface area (Å²) in [5, 5.41) is 12.1. The predicted molar refractivity (Wildman–Crippen MR) is 183 cm³/mol. The van der Waals surface area contributed by atoms with Crippen molar-refractivity contribution in [2.24, 2.45) is 5.41 Å². The number of aryl methyl sites for hydroxylation is 1. The molecule has 2 bridgehead atoms. The van der Waals surface area contributed by atoms with Gasteiger partial charge in [0.1, 0.15) is 17.3 Å². The van der Waals surface area contributed by atoms with E-state index in [1.165, 1.54) is 36.7 Å². The molecule has 0 radical (unpaired) electrons. The predicted octanol–water partition coefficient (Wildman–Crippen LogP) is 7.67. The lowest BCUT2D eigenvalue weighted by Crippen LogP contribution is -2.51. The number of benzene rings is 2. The van der Waals surface area contributed by atoms with Crippen LogP contribution in [0.3, 0.4) is 0 Å². The van der Waals surface area contributed by atoms with Crippen LogP contribution in [0.1, 0.15) is 36.0 Å². The van der Waals surface area contributed by atoms with E-state index in [0.717, 1.165) is 18.4 Å². The number of hydrogen-bond donors (Lipinski definition) is 2. The molecular weight excluding hydrogens is 690 g/mol. The van der Waals surface area contributed by atoms with Crippen molar-refractivity contribution in [1.29, 1.82) is 0 Å². The van der Waals surface area contributed by atoms with Crippen molar-refractivity contribution < 1.29 is 31.4 Å². The first-order chi connectivity index (χ1) is 24.5. The fourth-order valence-electron chi connectivity index (χ4n) is 7.72. The molecule has 2 N–H and O–H groups in total. The van der Waals surface area contributed by atoms with Crippen LogP contribution in [0.4, 0.5) is 27.8 Å². The SMILES string of the molecule is Cc1cc2[nH]ncc2c(-c2nccc3c2sc2nc(OC[C@]4(COCc5ccccc5)CC4(F)F)nc(N4CC5CCC(C4)N5)c23)c1C(F)(F)F. The molecule has 2 aromatic carbocycles. The van der Waals surface area contributed by atoms with E-state index in [-0.39, 0.29) is 61.2 Å². The highest BCUT2D eigenvalue weighted by Gasteiger charge is 2.72. The summed E-state index contributed by atoms with van der Waals surface area (Å²) in [4.78, 5) is 16.7. The maximum Gasteiger partial charge on any atom is 0.417 e. The van der Waals surface area contributed by atoms with Crippen molar-refractivity contribution in [3.8, 4) is 17.3 Å². The van der Waals surface area contributed by atoms with Gasteiger partial charge < -0.3 is 19.7 Å². The first kappa shape index (κ1) is 32.4. The molecule has 3 atom stereocenters. The Labute approximate surface area is 292 Å². The molecule has 2 aliphatic heterocycles. The van der Waals surface area contributed by atoms with Crippen LogP contribution in [0, 0.1) is 12.3 Å². The van der Waals surface area contributed by atoms with Crippen molar-refractivity contribution in [3.63, 3.8) is 0 Å². The van der Waals surface area contributed by atoms with Gasteiger partial charge in [-0.1, -0.05) is 30.3 Å². The summed E-state index contributed by atoms with van der Waals surface area (Å²) in [6.07, 6.45) is -0.152. The number of halogens is 5. The molecule has 4 aromatic heterocycles. The van der Waals surface area contributed by atoms with Gasteiger partial charge in [0.05, 0.1) is 51.7 Å². The second-order valence-electron chi connectivity index (χ2n) is 13.9. The Morgan fingerprint density at radius 2 is 1.78 bits per heavy atom. The summed E-state index contributed by atoms with van der Waals surface area (Å²) in [5.74, 6) is -2.42. The molecule has 0 amide bonds. The number of aromatic nitrogens is 5. The molecule has 2 saturated heterocycles. The van der Waals surface area contributed by atoms with E-state index >= 15 is 0 Å². The summed E-state index contributed by atoms with van der Waals surface area (Å²) in [6, 6.07) is 12.9. The average Bonchev–Trinajstić information content (AvgIpc) is 3.55. The lowest BCUT2D eigenvalue weighted by atomic mass is 9.94. The largest absolute Gasteiger partial charge is 0.462 e. The van der Waals surface area contributed by atoms with Gasteiger partial charge in [-0.2, -0.15) is 28.2 Å². The normalized spacial score (nSPS) is 22.7. The Kier molecular flexibility index (Phi) is 7.50. The molecule has 1 saturated carbocycles. The highest BCUT2D eigenvalue weighted by atomic mass is 32.1. The molecule has 3 aliphatic rings. The van der Waals surface area contributed by atoms with Crippen LogP contribution in [0.5, 0.6) is 6.01 Å². The van der Waals surface area contributed by atoms with Crippen LogP contribution in [0.2, 0.25) is 0 Å². The van der Waals surface area contributed by atoms with Crippen molar-refractivity contribution in [3.05, 3.63) is 71.5 Å². The number of piperazine rings is 1. The van der Waals surface area contributed by atoms with E-state index in [0.29, 0.717) is 50.1 Å². The Balaban J connectivity index is 1.14. The van der Waals surface area contributed by atoms with Gasteiger partial charge in [-0.25, -0.2) is 8.78 Å². The van der Waals surface area contributed by atoms with Crippen molar-refractivity contribution in [2.45, 2.75) is 57.0 Å². The van der Waals surface area contributed by atoms with Crippen molar-refractivity contribution in [2.75, 3.05) is 31.2 Å². The fraction of sp³-hybridized carbons (Fsp3) is 0.389. The van der Waals surface area contributed by atoms with E-state index in [1.807, 2.05) is 30.3 Å². The number of nitrogens with one attached hydrogen (secondary N) is 2. The molecule has 15 heteroatoms. The van der Waals surface area contributed by atoms with Gasteiger partial charge in [0.2, 0.25) is 0 Å². The topological polar surface area (TPSA) is 101 Å². The van der Waals surface area contributed by atoms with Gasteiger partial charge >= 0.3 is 12.2 Å². The summed E-state index contributed by atoms with van der Waals surface area (Å²) >= 11 is 1.18. The number of H-pyrrole nitrogens is 1. The second kappa shape index (κ2) is 11.8. The first-order valence-corrected chi connectivity index (χ1v) is 17.6. The number of hydrogen-bond acceptors (Lipinski definition) is 9. The zero-order chi connectivity index (χ0) is 35.1. The minimum absolute atomic E-state index is 0.0418. The van der Waals surface area contributed by atoms with Gasteiger partial charge in [0.15, 0.2) is 0 Å². The van der Waals surface area contributed by atoms with Crippen LogP contribution in [0.25, 0.3) is 42.5 Å². The number of fused-ring (bicyclic) bond motifs is 6. The zero-order valence-corrected chi connectivity index (χ0v) is 28.2. The number of aromatic amines is 1. The van der Waals surface area contributed by atoms with Crippen molar-refractivity contribution >= 4 is 48.4 Å². The Morgan fingerprint density at radius 1 is 1.02 bits per heavy atom. The highest BCUT2D eigenvalue weighted by molar-refractivity contribution is 7.26. The average molecular weight is 722 g/mol. The zero-order valence-electron chi connectivity index (χ0n) is 27.4. The number of nitrogens with zero attached hydrogens (tertiary/aromatic N) is 5. The minimum atomic E-state index is -4.66. The van der Waals surface area contributed by atoms with E-state index in [2.05, 4.69) is 25.4 Å². The summed E-state index contributed by atoms with van der Waals surface area (Å²) < 4.78 is 86.1. The molecule has 9 nitrogen and oxygen atoms in total. The molecular formula is C36H32F5N7O2S. The molecule has 0 spiro atoms. The van der Waals surface area contributed by atoms with Gasteiger partial charge in [0, 0.05) is 54.1 Å². The van der Waals surface area contributed by atoms with Gasteiger partial charge in [-0.05, 0) is 43.0 Å². The molecule has 51 heavy (non-hydrogen) atoms.